The summed E-state index contributed by atoms with van der Waals surface area (Å²) in [5, 5.41) is 3.32. The zero-order valence-electron chi connectivity index (χ0n) is 9.23. The maximum atomic E-state index is 11.7. The minimum atomic E-state index is -0.144. The number of nitrogens with zero attached hydrogens (tertiary/aromatic N) is 2. The standard InChI is InChI=1S/C12H9BrClN3O/c13-10-6-16-11(7-15-10)17-12(18)5-8-1-3-9(14)4-2-8/h1-4,6-7H,5H2,(H,16,17,18). The lowest BCUT2D eigenvalue weighted by Gasteiger charge is -2.04. The Morgan fingerprint density at radius 1 is 1.22 bits per heavy atom. The average molecular weight is 327 g/mol. The van der Waals surface area contributed by atoms with Crippen molar-refractivity contribution in [1.82, 2.24) is 9.97 Å². The number of nitrogens with one attached hydrogen (secondary N) is 1. The predicted molar refractivity (Wildman–Crippen MR) is 73.5 cm³/mol. The Bertz CT molecular complexity index is 493. The van der Waals surface area contributed by atoms with Gasteiger partial charge in [0, 0.05) is 5.02 Å². The summed E-state index contributed by atoms with van der Waals surface area (Å²) >= 11 is 8.94. The number of carbonyl (C=O) groups excluding carboxylic acids is 1. The minimum Gasteiger partial charge on any atom is -0.309 e. The van der Waals surface area contributed by atoms with Crippen LogP contribution in [0, 0.1) is 0 Å². The van der Waals surface area contributed by atoms with Crippen LogP contribution in [0.5, 0.6) is 0 Å². The third-order valence-corrected chi connectivity index (χ3v) is 2.83. The largest absolute Gasteiger partial charge is 0.309 e. The first-order valence-electron chi connectivity index (χ1n) is 5.15. The molecule has 0 aliphatic heterocycles. The molecule has 92 valence electrons. The van der Waals surface area contributed by atoms with Crippen LogP contribution in [-0.4, -0.2) is 15.9 Å². The Morgan fingerprint density at radius 2 is 1.94 bits per heavy atom. The Labute approximate surface area is 118 Å². The molecule has 0 fully saturated rings. The lowest BCUT2D eigenvalue weighted by Crippen LogP contribution is -2.15. The van der Waals surface area contributed by atoms with Gasteiger partial charge in [-0.25, -0.2) is 9.97 Å². The summed E-state index contributed by atoms with van der Waals surface area (Å²) in [5.41, 5.74) is 0.891. The van der Waals surface area contributed by atoms with Crippen LogP contribution in [-0.2, 0) is 11.2 Å². The molecular weight excluding hydrogens is 318 g/mol. The van der Waals surface area contributed by atoms with Gasteiger partial charge in [-0.05, 0) is 33.6 Å². The SMILES string of the molecule is O=C(Cc1ccc(Cl)cc1)Nc1cnc(Br)cn1. The number of anilines is 1. The van der Waals surface area contributed by atoms with Gasteiger partial charge in [0.25, 0.3) is 0 Å². The van der Waals surface area contributed by atoms with Gasteiger partial charge in [-0.3, -0.25) is 4.79 Å². The zero-order valence-corrected chi connectivity index (χ0v) is 11.6. The summed E-state index contributed by atoms with van der Waals surface area (Å²) in [5.74, 6) is 0.283. The molecule has 0 radical (unpaired) electrons. The van der Waals surface area contributed by atoms with Gasteiger partial charge in [0.1, 0.15) is 4.60 Å². The molecule has 0 atom stereocenters. The quantitative estimate of drug-likeness (QED) is 0.943. The van der Waals surface area contributed by atoms with Gasteiger partial charge in [-0.15, -0.1) is 0 Å². The third-order valence-electron chi connectivity index (χ3n) is 2.17. The molecule has 2 aromatic rings. The normalized spacial score (nSPS) is 10.1. The van der Waals surface area contributed by atoms with Crippen molar-refractivity contribution in [2.45, 2.75) is 6.42 Å². The Kier molecular flexibility index (Phi) is 4.28. The zero-order chi connectivity index (χ0) is 13.0. The highest BCUT2D eigenvalue weighted by molar-refractivity contribution is 9.10. The van der Waals surface area contributed by atoms with Crippen molar-refractivity contribution in [2.75, 3.05) is 5.32 Å². The fraction of sp³-hybridized carbons (Fsp3) is 0.0833. The smallest absolute Gasteiger partial charge is 0.229 e. The molecule has 1 heterocycles. The number of carbonyl (C=O) groups is 1. The van der Waals surface area contributed by atoms with Crippen molar-refractivity contribution in [3.63, 3.8) is 0 Å². The van der Waals surface area contributed by atoms with E-state index in [2.05, 4.69) is 31.2 Å². The Hall–Kier alpha value is -1.46. The highest BCUT2D eigenvalue weighted by Gasteiger charge is 2.05. The van der Waals surface area contributed by atoms with Crippen LogP contribution in [0.2, 0.25) is 5.02 Å². The molecule has 0 unspecified atom stereocenters. The number of rotatable bonds is 3. The highest BCUT2D eigenvalue weighted by Crippen LogP contribution is 2.11. The molecule has 2 rings (SSSR count). The van der Waals surface area contributed by atoms with Crippen LogP contribution in [0.3, 0.4) is 0 Å². The molecule has 18 heavy (non-hydrogen) atoms. The van der Waals surface area contributed by atoms with Gasteiger partial charge in [-0.2, -0.15) is 0 Å². The molecule has 1 aromatic carbocycles. The molecule has 0 saturated carbocycles. The maximum absolute atomic E-state index is 11.7. The molecule has 1 aromatic heterocycles. The minimum absolute atomic E-state index is 0.144. The lowest BCUT2D eigenvalue weighted by atomic mass is 10.1. The van der Waals surface area contributed by atoms with E-state index in [0.717, 1.165) is 5.56 Å². The topological polar surface area (TPSA) is 54.9 Å². The second-order valence-electron chi connectivity index (χ2n) is 3.58. The van der Waals surface area contributed by atoms with Crippen molar-refractivity contribution in [2.24, 2.45) is 0 Å². The number of aromatic nitrogens is 2. The molecule has 1 N–H and O–H groups in total. The molecule has 4 nitrogen and oxygen atoms in total. The molecule has 0 aliphatic rings. The first-order valence-corrected chi connectivity index (χ1v) is 6.32. The molecular formula is C12H9BrClN3O. The monoisotopic (exact) mass is 325 g/mol. The van der Waals surface area contributed by atoms with Gasteiger partial charge in [-0.1, -0.05) is 23.7 Å². The molecule has 0 spiro atoms. The first kappa shape index (κ1) is 13.0. The van der Waals surface area contributed by atoms with E-state index in [1.807, 2.05) is 12.1 Å². The van der Waals surface area contributed by atoms with Crippen molar-refractivity contribution in [1.29, 1.82) is 0 Å². The van der Waals surface area contributed by atoms with Gasteiger partial charge >= 0.3 is 0 Å². The molecule has 1 amide bonds. The van der Waals surface area contributed by atoms with Crippen LogP contribution >= 0.6 is 27.5 Å². The average Bonchev–Trinajstić information content (AvgIpc) is 2.35. The molecule has 0 saturated heterocycles. The fourth-order valence-electron chi connectivity index (χ4n) is 1.35. The number of hydrogen-bond donors (Lipinski definition) is 1. The van der Waals surface area contributed by atoms with Crippen LogP contribution in [0.25, 0.3) is 0 Å². The summed E-state index contributed by atoms with van der Waals surface area (Å²) in [6.45, 7) is 0. The van der Waals surface area contributed by atoms with Gasteiger partial charge in [0.05, 0.1) is 18.8 Å². The van der Waals surface area contributed by atoms with E-state index in [1.165, 1.54) is 12.4 Å². The molecule has 6 heteroatoms. The van der Waals surface area contributed by atoms with Crippen LogP contribution in [0.1, 0.15) is 5.56 Å². The van der Waals surface area contributed by atoms with Crippen LogP contribution in [0.15, 0.2) is 41.3 Å². The highest BCUT2D eigenvalue weighted by atomic mass is 79.9. The predicted octanol–water partition coefficient (Wildman–Crippen LogP) is 3.07. The summed E-state index contributed by atoms with van der Waals surface area (Å²) in [7, 11) is 0. The molecule has 0 bridgehead atoms. The van der Waals surface area contributed by atoms with Gasteiger partial charge < -0.3 is 5.32 Å². The van der Waals surface area contributed by atoms with Crippen molar-refractivity contribution in [3.05, 3.63) is 51.8 Å². The number of halogens is 2. The molecule has 0 aliphatic carbocycles. The van der Waals surface area contributed by atoms with E-state index in [-0.39, 0.29) is 12.3 Å². The number of benzene rings is 1. The van der Waals surface area contributed by atoms with Crippen molar-refractivity contribution < 1.29 is 4.79 Å². The van der Waals surface area contributed by atoms with E-state index < -0.39 is 0 Å². The second kappa shape index (κ2) is 5.93. The maximum Gasteiger partial charge on any atom is 0.229 e. The fourth-order valence-corrected chi connectivity index (χ4v) is 1.68. The summed E-state index contributed by atoms with van der Waals surface area (Å²) in [6, 6.07) is 7.14. The lowest BCUT2D eigenvalue weighted by molar-refractivity contribution is -0.115. The number of amides is 1. The Morgan fingerprint density at radius 3 is 2.56 bits per heavy atom. The van der Waals surface area contributed by atoms with E-state index in [4.69, 9.17) is 11.6 Å². The van der Waals surface area contributed by atoms with E-state index in [1.54, 1.807) is 12.1 Å². The van der Waals surface area contributed by atoms with Crippen LogP contribution in [0.4, 0.5) is 5.82 Å². The van der Waals surface area contributed by atoms with E-state index in [0.29, 0.717) is 15.4 Å². The summed E-state index contributed by atoms with van der Waals surface area (Å²) in [6.07, 6.45) is 3.29. The van der Waals surface area contributed by atoms with E-state index >= 15 is 0 Å². The van der Waals surface area contributed by atoms with E-state index in [9.17, 15) is 4.79 Å². The first-order chi connectivity index (χ1) is 8.63. The third kappa shape index (κ3) is 3.78. The van der Waals surface area contributed by atoms with Gasteiger partial charge in [0.15, 0.2) is 5.82 Å². The van der Waals surface area contributed by atoms with Crippen molar-refractivity contribution in [3.8, 4) is 0 Å². The van der Waals surface area contributed by atoms with Crippen LogP contribution < -0.4 is 5.32 Å². The summed E-state index contributed by atoms with van der Waals surface area (Å²) < 4.78 is 0.623. The number of hydrogen-bond acceptors (Lipinski definition) is 3. The Balaban J connectivity index is 1.96. The van der Waals surface area contributed by atoms with Crippen molar-refractivity contribution >= 4 is 39.3 Å². The van der Waals surface area contributed by atoms with Gasteiger partial charge in [0.2, 0.25) is 5.91 Å². The second-order valence-corrected chi connectivity index (χ2v) is 4.82. The summed E-state index contributed by atoms with van der Waals surface area (Å²) in [4.78, 5) is 19.7.